The summed E-state index contributed by atoms with van der Waals surface area (Å²) in [4.78, 5) is 0. The minimum absolute atomic E-state index is 0.250. The molecule has 0 saturated carbocycles. The van der Waals surface area contributed by atoms with Gasteiger partial charge in [0.05, 0.1) is 17.4 Å². The maximum Gasteiger partial charge on any atom is 0.236 e. The van der Waals surface area contributed by atoms with Crippen LogP contribution in [-0.4, -0.2) is 8.42 Å². The molecule has 0 atom stereocenters. The number of hydrogen-bond acceptors (Lipinski definition) is 4. The topological polar surface area (TPSA) is 96.0 Å². The molecular formula is C15H15N3O2S. The van der Waals surface area contributed by atoms with Gasteiger partial charge in [-0.25, -0.2) is 8.42 Å². The van der Waals surface area contributed by atoms with Gasteiger partial charge in [-0.1, -0.05) is 18.2 Å². The molecular weight excluding hydrogens is 286 g/mol. The quantitative estimate of drug-likeness (QED) is 0.847. The van der Waals surface area contributed by atoms with Crippen LogP contribution in [0.3, 0.4) is 0 Å². The third-order valence-electron chi connectivity index (χ3n) is 3.03. The van der Waals surface area contributed by atoms with Crippen molar-refractivity contribution in [3.63, 3.8) is 0 Å². The standard InChI is InChI=1S/C15H15N3O2S/c1-11-8-14(6-7-15(11)17)18-21(19,20)10-13-5-3-2-4-12(13)9-16/h2-8,18H,10,17H2,1H3. The van der Waals surface area contributed by atoms with Crippen molar-refractivity contribution in [1.29, 1.82) is 5.26 Å². The van der Waals surface area contributed by atoms with Gasteiger partial charge in [0.1, 0.15) is 0 Å². The summed E-state index contributed by atoms with van der Waals surface area (Å²) < 4.78 is 26.9. The summed E-state index contributed by atoms with van der Waals surface area (Å²) in [5, 5.41) is 8.99. The molecule has 5 nitrogen and oxygen atoms in total. The van der Waals surface area contributed by atoms with E-state index in [9.17, 15) is 8.42 Å². The number of nitriles is 1. The minimum Gasteiger partial charge on any atom is -0.399 e. The molecule has 2 rings (SSSR count). The summed E-state index contributed by atoms with van der Waals surface area (Å²) in [6.07, 6.45) is 0. The van der Waals surface area contributed by atoms with E-state index in [1.54, 1.807) is 49.4 Å². The fraction of sp³-hybridized carbons (Fsp3) is 0.133. The molecule has 0 spiro atoms. The van der Waals surface area contributed by atoms with E-state index in [0.717, 1.165) is 5.56 Å². The molecule has 2 aromatic carbocycles. The van der Waals surface area contributed by atoms with Crippen molar-refractivity contribution in [3.8, 4) is 6.07 Å². The van der Waals surface area contributed by atoms with Crippen LogP contribution in [0.2, 0.25) is 0 Å². The van der Waals surface area contributed by atoms with Gasteiger partial charge in [0.15, 0.2) is 0 Å². The van der Waals surface area contributed by atoms with E-state index < -0.39 is 10.0 Å². The summed E-state index contributed by atoms with van der Waals surface area (Å²) in [5.41, 5.74) is 8.39. The molecule has 0 aliphatic rings. The third-order valence-corrected chi connectivity index (χ3v) is 4.26. The Morgan fingerprint density at radius 1 is 1.24 bits per heavy atom. The average molecular weight is 301 g/mol. The molecule has 6 heteroatoms. The summed E-state index contributed by atoms with van der Waals surface area (Å²) in [7, 11) is -3.59. The van der Waals surface area contributed by atoms with Crippen LogP contribution >= 0.6 is 0 Å². The van der Waals surface area contributed by atoms with Gasteiger partial charge in [-0.2, -0.15) is 5.26 Å². The minimum atomic E-state index is -3.59. The molecule has 0 aliphatic heterocycles. The van der Waals surface area contributed by atoms with Gasteiger partial charge in [0, 0.05) is 11.4 Å². The Labute approximate surface area is 124 Å². The van der Waals surface area contributed by atoms with E-state index in [2.05, 4.69) is 4.72 Å². The lowest BCUT2D eigenvalue weighted by molar-refractivity contribution is 0.600. The number of nitrogen functional groups attached to an aromatic ring is 1. The Morgan fingerprint density at radius 2 is 1.95 bits per heavy atom. The first-order valence-electron chi connectivity index (χ1n) is 6.26. The lowest BCUT2D eigenvalue weighted by Gasteiger charge is -2.10. The number of nitrogens with two attached hydrogens (primary N) is 1. The Balaban J connectivity index is 2.23. The Hall–Kier alpha value is -2.52. The third kappa shape index (κ3) is 3.74. The van der Waals surface area contributed by atoms with E-state index in [1.807, 2.05) is 6.07 Å². The SMILES string of the molecule is Cc1cc(NS(=O)(=O)Cc2ccccc2C#N)ccc1N. The fourth-order valence-corrected chi connectivity index (χ4v) is 3.13. The highest BCUT2D eigenvalue weighted by molar-refractivity contribution is 7.91. The van der Waals surface area contributed by atoms with Crippen LogP contribution in [0.25, 0.3) is 0 Å². The normalized spacial score (nSPS) is 10.9. The van der Waals surface area contributed by atoms with Gasteiger partial charge >= 0.3 is 0 Å². The number of aryl methyl sites for hydroxylation is 1. The number of benzene rings is 2. The molecule has 0 heterocycles. The first-order valence-corrected chi connectivity index (χ1v) is 7.91. The molecule has 3 N–H and O–H groups in total. The van der Waals surface area contributed by atoms with E-state index in [-0.39, 0.29) is 5.75 Å². The second-order valence-corrected chi connectivity index (χ2v) is 6.42. The van der Waals surface area contributed by atoms with Crippen LogP contribution in [0.1, 0.15) is 16.7 Å². The van der Waals surface area contributed by atoms with E-state index in [0.29, 0.717) is 22.5 Å². The average Bonchev–Trinajstić information content (AvgIpc) is 2.43. The number of nitrogens with one attached hydrogen (secondary N) is 1. The van der Waals surface area contributed by atoms with Crippen molar-refractivity contribution < 1.29 is 8.42 Å². The van der Waals surface area contributed by atoms with Crippen LogP contribution in [-0.2, 0) is 15.8 Å². The summed E-state index contributed by atoms with van der Waals surface area (Å²) in [6.45, 7) is 1.80. The molecule has 2 aromatic rings. The molecule has 0 aromatic heterocycles. The first-order chi connectivity index (χ1) is 9.91. The number of anilines is 2. The van der Waals surface area contributed by atoms with Crippen molar-refractivity contribution in [2.24, 2.45) is 0 Å². The maximum atomic E-state index is 12.2. The second-order valence-electron chi connectivity index (χ2n) is 4.70. The zero-order valence-electron chi connectivity index (χ0n) is 11.5. The van der Waals surface area contributed by atoms with Crippen molar-refractivity contribution in [2.45, 2.75) is 12.7 Å². The van der Waals surface area contributed by atoms with Crippen molar-refractivity contribution >= 4 is 21.4 Å². The predicted molar refractivity (Wildman–Crippen MR) is 83.0 cm³/mol. The Morgan fingerprint density at radius 3 is 2.62 bits per heavy atom. The van der Waals surface area contributed by atoms with Gasteiger partial charge < -0.3 is 5.73 Å². The zero-order chi connectivity index (χ0) is 15.5. The highest BCUT2D eigenvalue weighted by atomic mass is 32.2. The molecule has 0 bridgehead atoms. The molecule has 0 unspecified atom stereocenters. The van der Waals surface area contributed by atoms with E-state index in [1.165, 1.54) is 0 Å². The molecule has 21 heavy (non-hydrogen) atoms. The lowest BCUT2D eigenvalue weighted by atomic mass is 10.1. The van der Waals surface area contributed by atoms with Crippen molar-refractivity contribution in [1.82, 2.24) is 0 Å². The first kappa shape index (κ1) is 14.9. The summed E-state index contributed by atoms with van der Waals surface area (Å²) >= 11 is 0. The van der Waals surface area contributed by atoms with Gasteiger partial charge in [0.25, 0.3) is 0 Å². The summed E-state index contributed by atoms with van der Waals surface area (Å²) in [5.74, 6) is -0.250. The Kier molecular flexibility index (Phi) is 4.15. The van der Waals surface area contributed by atoms with E-state index in [4.69, 9.17) is 11.0 Å². The van der Waals surface area contributed by atoms with Gasteiger partial charge in [-0.3, -0.25) is 4.72 Å². The number of nitrogens with zero attached hydrogens (tertiary/aromatic N) is 1. The van der Waals surface area contributed by atoms with Crippen LogP contribution in [0.4, 0.5) is 11.4 Å². The van der Waals surface area contributed by atoms with Gasteiger partial charge in [0.2, 0.25) is 10.0 Å². The largest absolute Gasteiger partial charge is 0.399 e. The number of sulfonamides is 1. The van der Waals surface area contributed by atoms with Crippen LogP contribution in [0.5, 0.6) is 0 Å². The zero-order valence-corrected chi connectivity index (χ0v) is 12.3. The smallest absolute Gasteiger partial charge is 0.236 e. The van der Waals surface area contributed by atoms with Crippen molar-refractivity contribution in [2.75, 3.05) is 10.5 Å². The van der Waals surface area contributed by atoms with Crippen LogP contribution in [0, 0.1) is 18.3 Å². The summed E-state index contributed by atoms with van der Waals surface area (Å²) in [6, 6.07) is 13.5. The molecule has 0 amide bonds. The monoisotopic (exact) mass is 301 g/mol. The fourth-order valence-electron chi connectivity index (χ4n) is 1.91. The van der Waals surface area contributed by atoms with E-state index >= 15 is 0 Å². The predicted octanol–water partition coefficient (Wildman–Crippen LogP) is 2.39. The Bertz CT molecular complexity index is 808. The molecule has 0 fully saturated rings. The van der Waals surface area contributed by atoms with Gasteiger partial charge in [-0.05, 0) is 42.3 Å². The lowest BCUT2D eigenvalue weighted by Crippen LogP contribution is -2.16. The molecule has 0 aliphatic carbocycles. The highest BCUT2D eigenvalue weighted by Crippen LogP contribution is 2.19. The van der Waals surface area contributed by atoms with Crippen LogP contribution < -0.4 is 10.5 Å². The maximum absolute atomic E-state index is 12.2. The van der Waals surface area contributed by atoms with Crippen molar-refractivity contribution in [3.05, 3.63) is 59.2 Å². The molecule has 0 radical (unpaired) electrons. The number of hydrogen-bond donors (Lipinski definition) is 2. The van der Waals surface area contributed by atoms with Gasteiger partial charge in [-0.15, -0.1) is 0 Å². The molecule has 0 saturated heterocycles. The number of rotatable bonds is 4. The highest BCUT2D eigenvalue weighted by Gasteiger charge is 2.14. The van der Waals surface area contributed by atoms with Crippen LogP contribution in [0.15, 0.2) is 42.5 Å². The second kappa shape index (κ2) is 5.85. The molecule has 108 valence electrons.